The molecule has 5 nitrogen and oxygen atoms in total. The van der Waals surface area contributed by atoms with Gasteiger partial charge in [0.15, 0.2) is 0 Å². The molecule has 1 heterocycles. The molecule has 21 heavy (non-hydrogen) atoms. The number of ether oxygens (including phenoxy) is 1. The van der Waals surface area contributed by atoms with Crippen molar-refractivity contribution in [2.75, 3.05) is 0 Å². The van der Waals surface area contributed by atoms with Gasteiger partial charge in [-0.2, -0.15) is 0 Å². The number of nitrogens with one attached hydrogen (secondary N) is 2. The van der Waals surface area contributed by atoms with Crippen molar-refractivity contribution >= 4 is 27.9 Å². The van der Waals surface area contributed by atoms with Gasteiger partial charge in [-0.25, -0.2) is 4.79 Å². The van der Waals surface area contributed by atoms with Gasteiger partial charge in [0, 0.05) is 10.2 Å². The summed E-state index contributed by atoms with van der Waals surface area (Å²) >= 11 is 3.36. The van der Waals surface area contributed by atoms with Crippen molar-refractivity contribution in [2.24, 2.45) is 5.92 Å². The number of rotatable bonds is 3. The summed E-state index contributed by atoms with van der Waals surface area (Å²) in [7, 11) is 0. The molecule has 2 amide bonds. The van der Waals surface area contributed by atoms with E-state index in [0.717, 1.165) is 10.0 Å². The van der Waals surface area contributed by atoms with Gasteiger partial charge < -0.3 is 15.4 Å². The van der Waals surface area contributed by atoms with E-state index in [1.165, 1.54) is 0 Å². The van der Waals surface area contributed by atoms with E-state index in [2.05, 4.69) is 33.1 Å². The van der Waals surface area contributed by atoms with E-state index < -0.39 is 17.9 Å². The maximum atomic E-state index is 12.3. The number of esters is 1. The molecule has 1 fully saturated rings. The fourth-order valence-electron chi connectivity index (χ4n) is 2.22. The summed E-state index contributed by atoms with van der Waals surface area (Å²) in [5, 5.41) is 5.30. The maximum Gasteiger partial charge on any atom is 0.319 e. The predicted molar refractivity (Wildman–Crippen MR) is 82.4 cm³/mol. The van der Waals surface area contributed by atoms with Crippen molar-refractivity contribution in [1.29, 1.82) is 0 Å². The van der Waals surface area contributed by atoms with Crippen LogP contribution in [0.4, 0.5) is 4.79 Å². The molecule has 2 N–H and O–H groups in total. The molecule has 2 atom stereocenters. The van der Waals surface area contributed by atoms with Crippen molar-refractivity contribution in [1.82, 2.24) is 10.6 Å². The minimum absolute atomic E-state index is 0.228. The largest absolute Gasteiger partial charge is 0.462 e. The molecular weight excluding hydrogens is 336 g/mol. The lowest BCUT2D eigenvalue weighted by Crippen LogP contribution is -2.51. The molecule has 0 aliphatic carbocycles. The molecule has 1 aliphatic rings. The molecular formula is C15H17BrN2O3. The summed E-state index contributed by atoms with van der Waals surface area (Å²) < 4.78 is 6.19. The van der Waals surface area contributed by atoms with E-state index in [4.69, 9.17) is 4.74 Å². The van der Waals surface area contributed by atoms with Crippen molar-refractivity contribution in [3.05, 3.63) is 46.6 Å². The van der Waals surface area contributed by atoms with Crippen LogP contribution in [0, 0.1) is 5.92 Å². The third-order valence-electron chi connectivity index (χ3n) is 3.10. The number of hydrogen-bond acceptors (Lipinski definition) is 3. The Labute approximate surface area is 131 Å². The van der Waals surface area contributed by atoms with Crippen LogP contribution in [0.2, 0.25) is 0 Å². The first kappa shape index (κ1) is 15.6. The molecule has 1 aliphatic heterocycles. The molecule has 1 saturated heterocycles. The van der Waals surface area contributed by atoms with Crippen LogP contribution in [0.1, 0.15) is 25.5 Å². The molecule has 2 rings (SSSR count). The van der Waals surface area contributed by atoms with Gasteiger partial charge in [-0.05, 0) is 31.5 Å². The Morgan fingerprint density at radius 2 is 1.95 bits per heavy atom. The molecule has 0 aromatic heterocycles. The van der Waals surface area contributed by atoms with Crippen LogP contribution in [-0.2, 0) is 9.53 Å². The Morgan fingerprint density at radius 3 is 2.52 bits per heavy atom. The summed E-state index contributed by atoms with van der Waals surface area (Å²) in [5.74, 6) is -1.07. The molecule has 112 valence electrons. The molecule has 6 heteroatoms. The number of amides is 2. The third kappa shape index (κ3) is 3.64. The van der Waals surface area contributed by atoms with Gasteiger partial charge in [0.1, 0.15) is 5.92 Å². The zero-order valence-corrected chi connectivity index (χ0v) is 13.4. The Hall–Kier alpha value is -1.82. The normalized spacial score (nSPS) is 21.7. The minimum atomic E-state index is -0.661. The topological polar surface area (TPSA) is 67.4 Å². The van der Waals surface area contributed by atoms with E-state index in [0.29, 0.717) is 5.70 Å². The number of halogens is 1. The number of carbonyl (C=O) groups is 2. The first-order chi connectivity index (χ1) is 9.88. The SMILES string of the molecule is C=C1NC(=O)NC(c2ccc(Br)cc2)C1C(=O)OC(C)C. The van der Waals surface area contributed by atoms with Gasteiger partial charge in [0.2, 0.25) is 0 Å². The summed E-state index contributed by atoms with van der Waals surface area (Å²) in [6.07, 6.45) is -0.228. The molecule has 0 saturated carbocycles. The highest BCUT2D eigenvalue weighted by molar-refractivity contribution is 9.10. The zero-order chi connectivity index (χ0) is 15.6. The molecule has 0 bridgehead atoms. The summed E-state index contributed by atoms with van der Waals surface area (Å²) in [5.41, 5.74) is 1.16. The average molecular weight is 353 g/mol. The van der Waals surface area contributed by atoms with Crippen LogP contribution < -0.4 is 10.6 Å². The van der Waals surface area contributed by atoms with Gasteiger partial charge in [0.25, 0.3) is 0 Å². The Kier molecular flexibility index (Phi) is 4.67. The van der Waals surface area contributed by atoms with Crippen LogP contribution in [-0.4, -0.2) is 18.1 Å². The number of benzene rings is 1. The van der Waals surface area contributed by atoms with Crippen LogP contribution in [0.15, 0.2) is 41.0 Å². The summed E-state index contributed by atoms with van der Waals surface area (Å²) in [6, 6.07) is 6.55. The monoisotopic (exact) mass is 352 g/mol. The fourth-order valence-corrected chi connectivity index (χ4v) is 2.48. The predicted octanol–water partition coefficient (Wildman–Crippen LogP) is 2.88. The molecule has 0 spiro atoms. The average Bonchev–Trinajstić information content (AvgIpc) is 2.37. The number of hydrogen-bond donors (Lipinski definition) is 2. The highest BCUT2D eigenvalue weighted by atomic mass is 79.9. The molecule has 0 radical (unpaired) electrons. The van der Waals surface area contributed by atoms with Gasteiger partial charge in [-0.15, -0.1) is 0 Å². The van der Waals surface area contributed by atoms with E-state index in [-0.39, 0.29) is 12.1 Å². The van der Waals surface area contributed by atoms with E-state index >= 15 is 0 Å². The van der Waals surface area contributed by atoms with Crippen LogP contribution >= 0.6 is 15.9 Å². The van der Waals surface area contributed by atoms with Crippen LogP contribution in [0.25, 0.3) is 0 Å². The highest BCUT2D eigenvalue weighted by Gasteiger charge is 2.39. The molecule has 1 aromatic carbocycles. The second kappa shape index (κ2) is 6.30. The van der Waals surface area contributed by atoms with E-state index in [1.54, 1.807) is 13.8 Å². The van der Waals surface area contributed by atoms with Gasteiger partial charge in [0.05, 0.1) is 12.1 Å². The van der Waals surface area contributed by atoms with Gasteiger partial charge >= 0.3 is 12.0 Å². The maximum absolute atomic E-state index is 12.3. The van der Waals surface area contributed by atoms with Gasteiger partial charge in [-0.3, -0.25) is 4.79 Å². The van der Waals surface area contributed by atoms with E-state index in [1.807, 2.05) is 24.3 Å². The second-order valence-electron chi connectivity index (χ2n) is 5.12. The number of urea groups is 1. The standard InChI is InChI=1S/C15H17BrN2O3/c1-8(2)21-14(19)12-9(3)17-15(20)18-13(12)10-4-6-11(16)7-5-10/h4-8,12-13H,3H2,1-2H3,(H2,17,18,20). The fraction of sp³-hybridized carbons (Fsp3) is 0.333. The third-order valence-corrected chi connectivity index (χ3v) is 3.63. The summed E-state index contributed by atoms with van der Waals surface area (Å²) in [4.78, 5) is 24.0. The first-order valence-electron chi connectivity index (χ1n) is 6.60. The smallest absolute Gasteiger partial charge is 0.319 e. The highest BCUT2D eigenvalue weighted by Crippen LogP contribution is 2.31. The van der Waals surface area contributed by atoms with E-state index in [9.17, 15) is 9.59 Å². The quantitative estimate of drug-likeness (QED) is 0.822. The van der Waals surface area contributed by atoms with Crippen molar-refractivity contribution in [3.63, 3.8) is 0 Å². The Bertz CT molecular complexity index is 569. The minimum Gasteiger partial charge on any atom is -0.462 e. The first-order valence-corrected chi connectivity index (χ1v) is 7.40. The Balaban J connectivity index is 2.32. The van der Waals surface area contributed by atoms with Crippen LogP contribution in [0.5, 0.6) is 0 Å². The van der Waals surface area contributed by atoms with Crippen molar-refractivity contribution in [3.8, 4) is 0 Å². The van der Waals surface area contributed by atoms with Gasteiger partial charge in [-0.1, -0.05) is 34.6 Å². The lowest BCUT2D eigenvalue weighted by molar-refractivity contribution is -0.152. The molecule has 2 unspecified atom stereocenters. The lowest BCUT2D eigenvalue weighted by atomic mass is 9.89. The lowest BCUT2D eigenvalue weighted by Gasteiger charge is -2.33. The van der Waals surface area contributed by atoms with Crippen LogP contribution in [0.3, 0.4) is 0 Å². The van der Waals surface area contributed by atoms with Crippen molar-refractivity contribution in [2.45, 2.75) is 26.0 Å². The number of carbonyl (C=O) groups excluding carboxylic acids is 2. The second-order valence-corrected chi connectivity index (χ2v) is 6.03. The Morgan fingerprint density at radius 1 is 1.33 bits per heavy atom. The summed E-state index contributed by atoms with van der Waals surface area (Å²) in [6.45, 7) is 7.35. The molecule has 1 aromatic rings. The zero-order valence-electron chi connectivity index (χ0n) is 11.9. The van der Waals surface area contributed by atoms with Crippen molar-refractivity contribution < 1.29 is 14.3 Å².